The molecule has 1 aromatic rings. The van der Waals surface area contributed by atoms with E-state index >= 15 is 0 Å². The fourth-order valence-electron chi connectivity index (χ4n) is 2.45. The summed E-state index contributed by atoms with van der Waals surface area (Å²) in [7, 11) is 0. The van der Waals surface area contributed by atoms with Gasteiger partial charge in [0.25, 0.3) is 0 Å². The van der Waals surface area contributed by atoms with E-state index < -0.39 is 5.60 Å². The summed E-state index contributed by atoms with van der Waals surface area (Å²) in [4.78, 5) is 14.1. The van der Waals surface area contributed by atoms with Crippen LogP contribution in [0, 0.1) is 0 Å². The summed E-state index contributed by atoms with van der Waals surface area (Å²) < 4.78 is 5.49. The summed E-state index contributed by atoms with van der Waals surface area (Å²) in [6, 6.07) is 5.28. The highest BCUT2D eigenvalue weighted by molar-refractivity contribution is 6.31. The number of benzene rings is 1. The first-order valence-corrected chi connectivity index (χ1v) is 7.95. The number of hydrogen-bond donors (Lipinski definition) is 2. The van der Waals surface area contributed by atoms with Crippen molar-refractivity contribution in [1.82, 2.24) is 4.90 Å². The van der Waals surface area contributed by atoms with Gasteiger partial charge in [-0.1, -0.05) is 11.6 Å². The van der Waals surface area contributed by atoms with E-state index in [1.165, 1.54) is 0 Å². The van der Waals surface area contributed by atoms with Crippen molar-refractivity contribution in [1.29, 1.82) is 0 Å². The van der Waals surface area contributed by atoms with Gasteiger partial charge in [0, 0.05) is 11.6 Å². The van der Waals surface area contributed by atoms with E-state index in [4.69, 9.17) is 22.1 Å². The molecule has 1 fully saturated rings. The molecule has 5 nitrogen and oxygen atoms in total. The van der Waals surface area contributed by atoms with Crippen LogP contribution in [0.3, 0.4) is 0 Å². The van der Waals surface area contributed by atoms with E-state index in [1.54, 1.807) is 23.1 Å². The molecule has 22 heavy (non-hydrogen) atoms. The molecule has 0 radical (unpaired) electrons. The van der Waals surface area contributed by atoms with Crippen LogP contribution in [0.5, 0.6) is 0 Å². The number of amides is 1. The third kappa shape index (κ3) is 4.44. The number of halogens is 1. The quantitative estimate of drug-likeness (QED) is 0.804. The van der Waals surface area contributed by atoms with E-state index in [-0.39, 0.29) is 12.3 Å². The molecule has 0 spiro atoms. The van der Waals surface area contributed by atoms with Crippen molar-refractivity contribution in [2.45, 2.75) is 51.8 Å². The minimum Gasteiger partial charge on any atom is -0.444 e. The summed E-state index contributed by atoms with van der Waals surface area (Å²) in [6.07, 6.45) is 2.44. The van der Waals surface area contributed by atoms with Crippen LogP contribution in [0.4, 0.5) is 16.2 Å². The van der Waals surface area contributed by atoms with Gasteiger partial charge < -0.3 is 15.8 Å². The molecule has 6 heteroatoms. The van der Waals surface area contributed by atoms with Gasteiger partial charge in [-0.2, -0.15) is 0 Å². The third-order valence-corrected chi connectivity index (χ3v) is 3.70. The maximum atomic E-state index is 12.4. The van der Waals surface area contributed by atoms with Gasteiger partial charge in [-0.3, -0.25) is 4.90 Å². The van der Waals surface area contributed by atoms with Gasteiger partial charge in [-0.05, 0) is 58.2 Å². The van der Waals surface area contributed by atoms with Crippen molar-refractivity contribution in [2.24, 2.45) is 0 Å². The number of hydrogen-bond acceptors (Lipinski definition) is 4. The predicted octanol–water partition coefficient (Wildman–Crippen LogP) is 4.08. The summed E-state index contributed by atoms with van der Waals surface area (Å²) >= 11 is 6.02. The lowest BCUT2D eigenvalue weighted by Crippen LogP contribution is -2.49. The fraction of sp³-hybridized carbons (Fsp3) is 0.562. The molecular formula is C16H24ClN3O2. The first kappa shape index (κ1) is 16.7. The van der Waals surface area contributed by atoms with Crippen LogP contribution in [0.1, 0.15) is 40.0 Å². The Hall–Kier alpha value is -1.62. The number of carbonyl (C=O) groups is 1. The second-order valence-electron chi connectivity index (χ2n) is 6.56. The molecule has 122 valence electrons. The summed E-state index contributed by atoms with van der Waals surface area (Å²) in [6.45, 7) is 6.28. The van der Waals surface area contributed by atoms with Gasteiger partial charge in [0.2, 0.25) is 0 Å². The van der Waals surface area contributed by atoms with E-state index in [0.29, 0.717) is 17.3 Å². The molecule has 2 rings (SSSR count). The number of likely N-dealkylation sites (tertiary alicyclic amines) is 1. The minimum absolute atomic E-state index is 0.135. The monoisotopic (exact) mass is 325 g/mol. The first-order valence-electron chi connectivity index (χ1n) is 7.57. The van der Waals surface area contributed by atoms with E-state index in [9.17, 15) is 4.79 Å². The zero-order valence-electron chi connectivity index (χ0n) is 13.4. The number of anilines is 2. The highest BCUT2D eigenvalue weighted by Crippen LogP contribution is 2.27. The van der Waals surface area contributed by atoms with E-state index in [2.05, 4.69) is 5.32 Å². The molecule has 0 bridgehead atoms. The lowest BCUT2D eigenvalue weighted by molar-refractivity contribution is 0.0130. The van der Waals surface area contributed by atoms with E-state index in [0.717, 1.165) is 24.9 Å². The van der Waals surface area contributed by atoms with Gasteiger partial charge in [-0.15, -0.1) is 0 Å². The van der Waals surface area contributed by atoms with Crippen molar-refractivity contribution in [2.75, 3.05) is 17.6 Å². The molecule has 0 aliphatic carbocycles. The van der Waals surface area contributed by atoms with Crippen molar-refractivity contribution in [3.8, 4) is 0 Å². The Labute approximate surface area is 136 Å². The van der Waals surface area contributed by atoms with Gasteiger partial charge in [-0.25, -0.2) is 4.79 Å². The smallest absolute Gasteiger partial charge is 0.411 e. The molecule has 1 aromatic carbocycles. The number of nitrogen functional groups attached to an aromatic ring is 1. The Morgan fingerprint density at radius 2 is 2.14 bits per heavy atom. The number of ether oxygens (including phenoxy) is 1. The minimum atomic E-state index is -0.506. The molecule has 0 saturated carbocycles. The number of nitrogens with one attached hydrogen (secondary N) is 1. The molecule has 1 heterocycles. The second-order valence-corrected chi connectivity index (χ2v) is 7.00. The van der Waals surface area contributed by atoms with Crippen LogP contribution in [0.25, 0.3) is 0 Å². The second kappa shape index (κ2) is 6.65. The van der Waals surface area contributed by atoms with Gasteiger partial charge >= 0.3 is 6.09 Å². The maximum absolute atomic E-state index is 12.4. The topological polar surface area (TPSA) is 67.6 Å². The van der Waals surface area contributed by atoms with Crippen molar-refractivity contribution < 1.29 is 9.53 Å². The summed E-state index contributed by atoms with van der Waals surface area (Å²) in [5.74, 6) is 0. The van der Waals surface area contributed by atoms with Crippen LogP contribution in [0.15, 0.2) is 18.2 Å². The van der Waals surface area contributed by atoms with Crippen LogP contribution in [-0.2, 0) is 4.74 Å². The molecule has 0 aromatic heterocycles. The van der Waals surface area contributed by atoms with Crippen LogP contribution in [-0.4, -0.2) is 29.3 Å². The average molecular weight is 326 g/mol. The molecule has 1 saturated heterocycles. The lowest BCUT2D eigenvalue weighted by atomic mass is 10.1. The predicted molar refractivity (Wildman–Crippen MR) is 90.1 cm³/mol. The molecule has 3 N–H and O–H groups in total. The SMILES string of the molecule is CC(C)(C)OC(=O)N1CCCCC1Nc1cc(Cl)ccc1N. The molecular weight excluding hydrogens is 302 g/mol. The molecule has 1 aliphatic rings. The largest absolute Gasteiger partial charge is 0.444 e. The standard InChI is InChI=1S/C16H24ClN3O2/c1-16(2,3)22-15(21)20-9-5-4-6-14(20)19-13-10-11(17)7-8-12(13)18/h7-8,10,14,19H,4-6,9,18H2,1-3H3. The van der Waals surface area contributed by atoms with Crippen LogP contribution in [0.2, 0.25) is 5.02 Å². The van der Waals surface area contributed by atoms with Crippen molar-refractivity contribution in [3.05, 3.63) is 23.2 Å². The summed E-state index contributed by atoms with van der Waals surface area (Å²) in [5.41, 5.74) is 6.82. The number of rotatable bonds is 2. The Kier molecular flexibility index (Phi) is 5.06. The van der Waals surface area contributed by atoms with Gasteiger partial charge in [0.15, 0.2) is 0 Å². The first-order chi connectivity index (χ1) is 10.3. The van der Waals surface area contributed by atoms with Crippen molar-refractivity contribution >= 4 is 29.1 Å². The van der Waals surface area contributed by atoms with Crippen molar-refractivity contribution in [3.63, 3.8) is 0 Å². The lowest BCUT2D eigenvalue weighted by Gasteiger charge is -2.37. The number of nitrogens with two attached hydrogens (primary N) is 1. The summed E-state index contributed by atoms with van der Waals surface area (Å²) in [5, 5.41) is 3.93. The number of nitrogens with zero attached hydrogens (tertiary/aromatic N) is 1. The van der Waals surface area contributed by atoms with Crippen LogP contribution >= 0.6 is 11.6 Å². The maximum Gasteiger partial charge on any atom is 0.411 e. The van der Waals surface area contributed by atoms with E-state index in [1.807, 2.05) is 20.8 Å². The number of piperidine rings is 1. The Morgan fingerprint density at radius 3 is 2.82 bits per heavy atom. The molecule has 1 aliphatic heterocycles. The fourth-order valence-corrected chi connectivity index (χ4v) is 2.63. The van der Waals surface area contributed by atoms with Crippen LogP contribution < -0.4 is 11.1 Å². The molecule has 1 unspecified atom stereocenters. The average Bonchev–Trinajstić information content (AvgIpc) is 2.41. The zero-order valence-corrected chi connectivity index (χ0v) is 14.1. The van der Waals surface area contributed by atoms with Gasteiger partial charge in [0.1, 0.15) is 11.8 Å². The Balaban J connectivity index is 2.13. The zero-order chi connectivity index (χ0) is 16.3. The number of carbonyl (C=O) groups excluding carboxylic acids is 1. The molecule has 1 amide bonds. The Morgan fingerprint density at radius 1 is 1.41 bits per heavy atom. The highest BCUT2D eigenvalue weighted by atomic mass is 35.5. The Bertz CT molecular complexity index is 543. The third-order valence-electron chi connectivity index (χ3n) is 3.47. The van der Waals surface area contributed by atoms with Gasteiger partial charge in [0.05, 0.1) is 11.4 Å². The normalized spacial score (nSPS) is 18.9. The molecule has 1 atom stereocenters. The highest BCUT2D eigenvalue weighted by Gasteiger charge is 2.30.